The van der Waals surface area contributed by atoms with Crippen molar-refractivity contribution in [2.75, 3.05) is 47.5 Å². The molecule has 0 aliphatic rings. The smallest absolute Gasteiger partial charge is 0.306 e. The number of rotatable bonds is 43. The Balaban J connectivity index is 4.26. The summed E-state index contributed by atoms with van der Waals surface area (Å²) in [7, 11) is 1.14. The fourth-order valence-electron chi connectivity index (χ4n) is 6.36. The van der Waals surface area contributed by atoms with E-state index in [9.17, 15) is 19.0 Å². The standard InChI is InChI=1S/C48H90NO8P/c1-6-8-10-12-14-16-18-19-20-21-22-23-24-25-26-27-28-29-31-32-34-36-38-40-47(50)54-44-46(45-56-58(52,53)55-43-42-49(3,4)5)57-48(51)41-39-37-35-33-30-17-15-13-11-9-7-2/h13,15,27-28,32,34,46H,6-12,14,16-26,29-31,33,35-45H2,1-5H3/b15-13+,28-27+,34-32+/t46-/m0/s1. The third-order valence-electron chi connectivity index (χ3n) is 10.1. The van der Waals surface area contributed by atoms with Crippen LogP contribution in [0.1, 0.15) is 206 Å². The zero-order valence-corrected chi connectivity index (χ0v) is 39.1. The van der Waals surface area contributed by atoms with Gasteiger partial charge in [-0.05, 0) is 64.2 Å². The van der Waals surface area contributed by atoms with E-state index in [0.29, 0.717) is 23.9 Å². The Bertz CT molecular complexity index is 1090. The summed E-state index contributed by atoms with van der Waals surface area (Å²) in [6.45, 7) is 4.14. The number of quaternary nitrogens is 1. The number of likely N-dealkylation sites (N-methyl/N-ethyl adjacent to an activating group) is 1. The molecule has 0 aliphatic carbocycles. The number of hydrogen-bond donors (Lipinski definition) is 0. The summed E-state index contributed by atoms with van der Waals surface area (Å²) in [5, 5.41) is 0. The maximum Gasteiger partial charge on any atom is 0.306 e. The molecule has 0 heterocycles. The average Bonchev–Trinajstić information content (AvgIpc) is 3.17. The van der Waals surface area contributed by atoms with Crippen molar-refractivity contribution in [2.24, 2.45) is 0 Å². The first kappa shape index (κ1) is 56.2. The average molecular weight is 840 g/mol. The Morgan fingerprint density at radius 1 is 0.517 bits per heavy atom. The highest BCUT2D eigenvalue weighted by Crippen LogP contribution is 2.38. The predicted molar refractivity (Wildman–Crippen MR) is 241 cm³/mol. The first-order chi connectivity index (χ1) is 28.0. The molecule has 0 rings (SSSR count). The van der Waals surface area contributed by atoms with Crippen molar-refractivity contribution in [3.63, 3.8) is 0 Å². The predicted octanol–water partition coefficient (Wildman–Crippen LogP) is 13.1. The Morgan fingerprint density at radius 3 is 1.43 bits per heavy atom. The molecule has 340 valence electrons. The first-order valence-electron chi connectivity index (χ1n) is 23.7. The number of hydrogen-bond acceptors (Lipinski definition) is 8. The third-order valence-corrected chi connectivity index (χ3v) is 11.1. The number of allylic oxidation sites excluding steroid dienone is 6. The number of carbonyl (C=O) groups excluding carboxylic acids is 2. The van der Waals surface area contributed by atoms with Crippen molar-refractivity contribution in [3.8, 4) is 0 Å². The summed E-state index contributed by atoms with van der Waals surface area (Å²) >= 11 is 0. The molecule has 1 unspecified atom stereocenters. The molecule has 2 atom stereocenters. The van der Waals surface area contributed by atoms with Gasteiger partial charge in [0.05, 0.1) is 27.7 Å². The van der Waals surface area contributed by atoms with E-state index in [2.05, 4.69) is 50.3 Å². The summed E-state index contributed by atoms with van der Waals surface area (Å²) in [4.78, 5) is 37.5. The molecule has 0 spiro atoms. The molecule has 10 heteroatoms. The summed E-state index contributed by atoms with van der Waals surface area (Å²) in [6, 6.07) is 0. The number of phosphoric acid groups is 1. The second-order valence-electron chi connectivity index (χ2n) is 17.1. The molecule has 58 heavy (non-hydrogen) atoms. The van der Waals surface area contributed by atoms with E-state index in [1.807, 2.05) is 21.1 Å². The van der Waals surface area contributed by atoms with E-state index in [1.54, 1.807) is 0 Å². The number of phosphoric ester groups is 1. The molecule has 9 nitrogen and oxygen atoms in total. The molecule has 0 saturated carbocycles. The zero-order chi connectivity index (χ0) is 42.8. The van der Waals surface area contributed by atoms with E-state index in [1.165, 1.54) is 103 Å². The van der Waals surface area contributed by atoms with Crippen LogP contribution >= 0.6 is 7.82 Å². The summed E-state index contributed by atoms with van der Waals surface area (Å²) in [5.74, 6) is -0.893. The second-order valence-corrected chi connectivity index (χ2v) is 18.5. The maximum absolute atomic E-state index is 12.6. The normalized spacial score (nSPS) is 13.8. The second kappa shape index (κ2) is 40.6. The third kappa shape index (κ3) is 43.8. The lowest BCUT2D eigenvalue weighted by atomic mass is 10.0. The quantitative estimate of drug-likeness (QED) is 0.0196. The fraction of sp³-hybridized carbons (Fsp3) is 0.833. The van der Waals surface area contributed by atoms with E-state index in [-0.39, 0.29) is 26.1 Å². The van der Waals surface area contributed by atoms with Crippen LogP contribution < -0.4 is 4.89 Å². The largest absolute Gasteiger partial charge is 0.756 e. The van der Waals surface area contributed by atoms with Crippen molar-refractivity contribution in [1.82, 2.24) is 0 Å². The Labute approximate surface area is 357 Å². The van der Waals surface area contributed by atoms with Gasteiger partial charge in [0.25, 0.3) is 7.82 Å². The van der Waals surface area contributed by atoms with Crippen molar-refractivity contribution >= 4 is 19.8 Å². The number of esters is 2. The first-order valence-corrected chi connectivity index (χ1v) is 25.2. The van der Waals surface area contributed by atoms with Crippen LogP contribution in [0.25, 0.3) is 0 Å². The molecule has 0 N–H and O–H groups in total. The van der Waals surface area contributed by atoms with Crippen LogP contribution in [-0.4, -0.2) is 70.0 Å². The Hall–Kier alpha value is -1.77. The minimum Gasteiger partial charge on any atom is -0.756 e. The summed E-state index contributed by atoms with van der Waals surface area (Å²) in [5.41, 5.74) is 0. The van der Waals surface area contributed by atoms with Gasteiger partial charge in [0.15, 0.2) is 6.10 Å². The van der Waals surface area contributed by atoms with Crippen molar-refractivity contribution in [2.45, 2.75) is 213 Å². The van der Waals surface area contributed by atoms with Gasteiger partial charge in [-0.3, -0.25) is 14.2 Å². The highest BCUT2D eigenvalue weighted by molar-refractivity contribution is 7.45. The van der Waals surface area contributed by atoms with Crippen molar-refractivity contribution in [1.29, 1.82) is 0 Å². The van der Waals surface area contributed by atoms with Gasteiger partial charge in [0.1, 0.15) is 19.8 Å². The van der Waals surface area contributed by atoms with Gasteiger partial charge in [-0.1, -0.05) is 166 Å². The molecule has 0 amide bonds. The lowest BCUT2D eigenvalue weighted by molar-refractivity contribution is -0.870. The van der Waals surface area contributed by atoms with Crippen LogP contribution in [0.2, 0.25) is 0 Å². The van der Waals surface area contributed by atoms with Gasteiger partial charge in [-0.15, -0.1) is 0 Å². The van der Waals surface area contributed by atoms with E-state index < -0.39 is 32.5 Å². The molecule has 0 aromatic rings. The van der Waals surface area contributed by atoms with E-state index >= 15 is 0 Å². The van der Waals surface area contributed by atoms with Gasteiger partial charge in [0.2, 0.25) is 0 Å². The van der Waals surface area contributed by atoms with Crippen LogP contribution in [0.15, 0.2) is 36.5 Å². The van der Waals surface area contributed by atoms with E-state index in [4.69, 9.17) is 18.5 Å². The van der Waals surface area contributed by atoms with E-state index in [0.717, 1.165) is 64.2 Å². The monoisotopic (exact) mass is 840 g/mol. The molecule has 0 aromatic carbocycles. The zero-order valence-electron chi connectivity index (χ0n) is 38.2. The Morgan fingerprint density at radius 2 is 0.931 bits per heavy atom. The lowest BCUT2D eigenvalue weighted by Crippen LogP contribution is -2.37. The minimum absolute atomic E-state index is 0.0381. The topological polar surface area (TPSA) is 111 Å². The molecule has 0 bridgehead atoms. The number of ether oxygens (including phenoxy) is 2. The SMILES string of the molecule is CCCC/C=C/CCCCCCCC(=O)O[C@@H](COC(=O)CCC/C=C/CC/C=C/CCCCCCCCCCCCCCCC)COP(=O)([O-])OCC[N+](C)(C)C. The Kier molecular flexibility index (Phi) is 39.4. The van der Waals surface area contributed by atoms with Gasteiger partial charge < -0.3 is 27.9 Å². The van der Waals surface area contributed by atoms with Crippen LogP contribution in [0.5, 0.6) is 0 Å². The molecule has 0 aromatic heterocycles. The highest BCUT2D eigenvalue weighted by atomic mass is 31.2. The van der Waals surface area contributed by atoms with Crippen LogP contribution in [0, 0.1) is 0 Å². The van der Waals surface area contributed by atoms with Crippen LogP contribution in [0.3, 0.4) is 0 Å². The molecular formula is C48H90NO8P. The molecule has 0 saturated heterocycles. The highest BCUT2D eigenvalue weighted by Gasteiger charge is 2.21. The minimum atomic E-state index is -4.63. The van der Waals surface area contributed by atoms with Crippen molar-refractivity contribution in [3.05, 3.63) is 36.5 Å². The van der Waals surface area contributed by atoms with Crippen LogP contribution in [0.4, 0.5) is 0 Å². The van der Waals surface area contributed by atoms with Gasteiger partial charge in [0, 0.05) is 12.8 Å². The summed E-state index contributed by atoms with van der Waals surface area (Å²) in [6.07, 6.45) is 46.3. The lowest BCUT2D eigenvalue weighted by Gasteiger charge is -2.28. The molecule has 0 aliphatic heterocycles. The molecule has 0 radical (unpaired) electrons. The number of nitrogens with zero attached hydrogens (tertiary/aromatic N) is 1. The van der Waals surface area contributed by atoms with Crippen LogP contribution in [-0.2, 0) is 32.7 Å². The van der Waals surface area contributed by atoms with Crippen molar-refractivity contribution < 1.29 is 42.1 Å². The number of carbonyl (C=O) groups is 2. The number of unbranched alkanes of at least 4 members (excludes halogenated alkanes) is 23. The fourth-order valence-corrected chi connectivity index (χ4v) is 7.09. The maximum atomic E-state index is 12.6. The summed E-state index contributed by atoms with van der Waals surface area (Å²) < 4.78 is 33.8. The molecule has 0 fully saturated rings. The van der Waals surface area contributed by atoms with Gasteiger partial charge >= 0.3 is 11.9 Å². The molecular weight excluding hydrogens is 750 g/mol. The van der Waals surface area contributed by atoms with Gasteiger partial charge in [-0.25, -0.2) is 0 Å². The van der Waals surface area contributed by atoms with Gasteiger partial charge in [-0.2, -0.15) is 0 Å².